The lowest BCUT2D eigenvalue weighted by molar-refractivity contribution is -0.129. The molecule has 1 aliphatic rings. The summed E-state index contributed by atoms with van der Waals surface area (Å²) < 4.78 is 0. The molecule has 0 spiro atoms. The quantitative estimate of drug-likeness (QED) is 0.730. The highest BCUT2D eigenvalue weighted by Crippen LogP contribution is 2.25. The largest absolute Gasteiger partial charge is 0.341 e. The summed E-state index contributed by atoms with van der Waals surface area (Å²) in [5.41, 5.74) is 2.01. The third-order valence-corrected chi connectivity index (χ3v) is 5.18. The molecule has 0 unspecified atom stereocenters. The number of rotatable bonds is 3. The van der Waals surface area contributed by atoms with Crippen LogP contribution in [0.15, 0.2) is 54.7 Å². The minimum absolute atomic E-state index is 0.0997. The monoisotopic (exact) mass is 346 g/mol. The number of nitrogens with zero attached hydrogens (tertiary/aromatic N) is 4. The third kappa shape index (κ3) is 3.12. The van der Waals surface area contributed by atoms with Crippen LogP contribution in [0, 0.1) is 0 Å². The minimum atomic E-state index is 0.0997. The molecule has 1 amide bonds. The molecule has 26 heavy (non-hydrogen) atoms. The topological polar surface area (TPSA) is 49.3 Å². The summed E-state index contributed by atoms with van der Waals surface area (Å²) in [7, 11) is 1.86. The van der Waals surface area contributed by atoms with Crippen molar-refractivity contribution in [3.63, 3.8) is 0 Å². The van der Waals surface area contributed by atoms with Gasteiger partial charge in [-0.1, -0.05) is 36.4 Å². The van der Waals surface area contributed by atoms with Gasteiger partial charge in [-0.25, -0.2) is 9.97 Å². The molecule has 0 N–H and O–H groups in total. The van der Waals surface area contributed by atoms with Crippen LogP contribution in [0.1, 0.15) is 13.3 Å². The zero-order chi connectivity index (χ0) is 18.1. The van der Waals surface area contributed by atoms with Gasteiger partial charge in [0.05, 0.1) is 11.7 Å². The highest BCUT2D eigenvalue weighted by atomic mass is 16.2. The van der Waals surface area contributed by atoms with E-state index in [1.165, 1.54) is 10.8 Å². The van der Waals surface area contributed by atoms with E-state index in [-0.39, 0.29) is 11.9 Å². The molecular weight excluding hydrogens is 324 g/mol. The molecule has 1 fully saturated rings. The number of hydrogen-bond acceptors (Lipinski definition) is 4. The van der Waals surface area contributed by atoms with Gasteiger partial charge in [0, 0.05) is 38.8 Å². The van der Waals surface area contributed by atoms with Gasteiger partial charge < -0.3 is 9.80 Å². The van der Waals surface area contributed by atoms with Crippen molar-refractivity contribution in [3.8, 4) is 11.3 Å². The molecule has 2 heterocycles. The first-order valence-corrected chi connectivity index (χ1v) is 8.92. The van der Waals surface area contributed by atoms with Crippen LogP contribution in [0.2, 0.25) is 0 Å². The first-order valence-electron chi connectivity index (χ1n) is 8.92. The predicted molar refractivity (Wildman–Crippen MR) is 104 cm³/mol. The van der Waals surface area contributed by atoms with Crippen LogP contribution in [-0.4, -0.2) is 47.0 Å². The SMILES string of the molecule is CC(=O)N(C)[C@H]1CCN(c2nccc(-c3ccc4ccccc4c3)n2)C1. The molecule has 5 nitrogen and oxygen atoms in total. The summed E-state index contributed by atoms with van der Waals surface area (Å²) >= 11 is 0. The Balaban J connectivity index is 1.59. The molecule has 1 aliphatic heterocycles. The number of carbonyl (C=O) groups excluding carboxylic acids is 1. The highest BCUT2D eigenvalue weighted by molar-refractivity contribution is 5.86. The van der Waals surface area contributed by atoms with Gasteiger partial charge in [-0.3, -0.25) is 4.79 Å². The molecule has 4 rings (SSSR count). The number of anilines is 1. The Hall–Kier alpha value is -2.95. The van der Waals surface area contributed by atoms with Crippen molar-refractivity contribution in [1.82, 2.24) is 14.9 Å². The van der Waals surface area contributed by atoms with E-state index in [4.69, 9.17) is 4.98 Å². The van der Waals surface area contributed by atoms with E-state index in [0.29, 0.717) is 0 Å². The van der Waals surface area contributed by atoms with Gasteiger partial charge in [0.25, 0.3) is 0 Å². The van der Waals surface area contributed by atoms with Crippen molar-refractivity contribution in [2.24, 2.45) is 0 Å². The Morgan fingerprint density at radius 3 is 2.77 bits per heavy atom. The van der Waals surface area contributed by atoms with Crippen molar-refractivity contribution in [1.29, 1.82) is 0 Å². The molecule has 2 aromatic carbocycles. The summed E-state index contributed by atoms with van der Waals surface area (Å²) in [6, 6.07) is 16.9. The van der Waals surface area contributed by atoms with Gasteiger partial charge in [-0.05, 0) is 29.3 Å². The maximum atomic E-state index is 11.6. The summed E-state index contributed by atoms with van der Waals surface area (Å²) in [6.07, 6.45) is 2.76. The average Bonchev–Trinajstić information content (AvgIpc) is 3.17. The molecule has 0 saturated carbocycles. The third-order valence-electron chi connectivity index (χ3n) is 5.18. The first-order chi connectivity index (χ1) is 12.6. The number of carbonyl (C=O) groups is 1. The lowest BCUT2D eigenvalue weighted by Crippen LogP contribution is -2.37. The van der Waals surface area contributed by atoms with Gasteiger partial charge in [0.15, 0.2) is 0 Å². The molecule has 3 aromatic rings. The Labute approximate surface area is 153 Å². The van der Waals surface area contributed by atoms with Gasteiger partial charge in [-0.15, -0.1) is 0 Å². The molecular formula is C21H22N4O. The second kappa shape index (κ2) is 6.75. The highest BCUT2D eigenvalue weighted by Gasteiger charge is 2.28. The molecule has 1 saturated heterocycles. The van der Waals surface area contributed by atoms with Crippen LogP contribution in [0.3, 0.4) is 0 Å². The number of likely N-dealkylation sites (N-methyl/N-ethyl adjacent to an activating group) is 1. The first kappa shape index (κ1) is 16.5. The van der Waals surface area contributed by atoms with Crippen molar-refractivity contribution in [3.05, 3.63) is 54.7 Å². The minimum Gasteiger partial charge on any atom is -0.341 e. The number of hydrogen-bond donors (Lipinski definition) is 0. The molecule has 0 bridgehead atoms. The van der Waals surface area contributed by atoms with Gasteiger partial charge in [0.2, 0.25) is 11.9 Å². The second-order valence-electron chi connectivity index (χ2n) is 6.82. The average molecular weight is 346 g/mol. The van der Waals surface area contributed by atoms with E-state index in [1.807, 2.05) is 36.3 Å². The smallest absolute Gasteiger partial charge is 0.225 e. The molecule has 1 atom stereocenters. The summed E-state index contributed by atoms with van der Waals surface area (Å²) in [5, 5.41) is 2.43. The number of fused-ring (bicyclic) bond motifs is 1. The fraction of sp³-hybridized carbons (Fsp3) is 0.286. The van der Waals surface area contributed by atoms with Crippen molar-refractivity contribution < 1.29 is 4.79 Å². The van der Waals surface area contributed by atoms with E-state index in [1.54, 1.807) is 6.92 Å². The van der Waals surface area contributed by atoms with E-state index < -0.39 is 0 Å². The summed E-state index contributed by atoms with van der Waals surface area (Å²) in [6.45, 7) is 3.25. The summed E-state index contributed by atoms with van der Waals surface area (Å²) in [4.78, 5) is 24.8. The normalized spacial score (nSPS) is 16.8. The van der Waals surface area contributed by atoms with Gasteiger partial charge in [-0.2, -0.15) is 0 Å². The van der Waals surface area contributed by atoms with Crippen LogP contribution in [-0.2, 0) is 4.79 Å². The van der Waals surface area contributed by atoms with Crippen molar-refractivity contribution in [2.75, 3.05) is 25.0 Å². The maximum absolute atomic E-state index is 11.6. The van der Waals surface area contributed by atoms with Gasteiger partial charge >= 0.3 is 0 Å². The van der Waals surface area contributed by atoms with Crippen LogP contribution >= 0.6 is 0 Å². The van der Waals surface area contributed by atoms with Gasteiger partial charge in [0.1, 0.15) is 0 Å². The summed E-state index contributed by atoms with van der Waals surface area (Å²) in [5.74, 6) is 0.831. The standard InChI is InChI=1S/C21H22N4O/c1-15(26)24(2)19-10-12-25(14-19)21-22-11-9-20(23-21)18-8-7-16-5-3-4-6-17(16)13-18/h3-9,11,13,19H,10,12,14H2,1-2H3/t19-/m0/s1. The Morgan fingerprint density at radius 1 is 1.15 bits per heavy atom. The lowest BCUT2D eigenvalue weighted by atomic mass is 10.1. The molecule has 0 aliphatic carbocycles. The van der Waals surface area contributed by atoms with E-state index in [2.05, 4.69) is 40.2 Å². The predicted octanol–water partition coefficient (Wildman–Crippen LogP) is 3.35. The van der Waals surface area contributed by atoms with Crippen LogP contribution in [0.4, 0.5) is 5.95 Å². The molecule has 132 valence electrons. The Bertz CT molecular complexity index is 955. The maximum Gasteiger partial charge on any atom is 0.225 e. The van der Waals surface area contributed by atoms with E-state index in [0.717, 1.165) is 36.7 Å². The van der Waals surface area contributed by atoms with Crippen molar-refractivity contribution in [2.45, 2.75) is 19.4 Å². The zero-order valence-corrected chi connectivity index (χ0v) is 15.1. The number of amides is 1. The fourth-order valence-corrected chi connectivity index (χ4v) is 3.51. The fourth-order valence-electron chi connectivity index (χ4n) is 3.51. The van der Waals surface area contributed by atoms with Crippen LogP contribution in [0.5, 0.6) is 0 Å². The lowest BCUT2D eigenvalue weighted by Gasteiger charge is -2.23. The number of aromatic nitrogens is 2. The van der Waals surface area contributed by atoms with E-state index >= 15 is 0 Å². The zero-order valence-electron chi connectivity index (χ0n) is 15.1. The van der Waals surface area contributed by atoms with Crippen LogP contribution < -0.4 is 4.90 Å². The Kier molecular flexibility index (Phi) is 4.29. The molecule has 1 aromatic heterocycles. The second-order valence-corrected chi connectivity index (χ2v) is 6.82. The van der Waals surface area contributed by atoms with Crippen LogP contribution in [0.25, 0.3) is 22.0 Å². The number of benzene rings is 2. The Morgan fingerprint density at radius 2 is 1.96 bits per heavy atom. The molecule has 0 radical (unpaired) electrons. The van der Waals surface area contributed by atoms with Crippen molar-refractivity contribution >= 4 is 22.6 Å². The van der Waals surface area contributed by atoms with E-state index in [9.17, 15) is 4.79 Å². The molecule has 5 heteroatoms.